The summed E-state index contributed by atoms with van der Waals surface area (Å²) < 4.78 is 0. The molecule has 1 fully saturated rings. The van der Waals surface area contributed by atoms with E-state index in [0.717, 1.165) is 48.1 Å². The zero-order valence-corrected chi connectivity index (χ0v) is 12.1. The smallest absolute Gasteiger partial charge is 0.224 e. The average Bonchev–Trinajstić information content (AvgIpc) is 2.47. The lowest BCUT2D eigenvalue weighted by molar-refractivity contribution is -0.116. The lowest BCUT2D eigenvalue weighted by Gasteiger charge is -2.35. The van der Waals surface area contributed by atoms with Crippen molar-refractivity contribution in [3.8, 4) is 0 Å². The van der Waals surface area contributed by atoms with E-state index in [9.17, 15) is 4.79 Å². The van der Waals surface area contributed by atoms with E-state index in [1.54, 1.807) is 0 Å². The molecule has 0 radical (unpaired) electrons. The Balaban J connectivity index is 1.89. The molecule has 2 aliphatic rings. The average molecular weight is 273 g/mol. The minimum Gasteiger partial charge on any atom is -0.397 e. The van der Waals surface area contributed by atoms with Crippen molar-refractivity contribution in [3.05, 3.63) is 17.7 Å². The zero-order chi connectivity index (χ0) is 14.1. The number of amides is 1. The molecular weight excluding hydrogens is 250 g/mol. The van der Waals surface area contributed by atoms with E-state index in [1.165, 1.54) is 19.3 Å². The van der Waals surface area contributed by atoms with Crippen molar-refractivity contribution in [1.82, 2.24) is 0 Å². The standard InChI is InChI=1S/C16H23N3O/c1-2-11-4-3-7-19(10-11)15-9-14-12(8-13(15)17)5-6-16(20)18-14/h8-9,11H,2-7,10,17H2,1H3,(H,18,20). The van der Waals surface area contributed by atoms with E-state index in [2.05, 4.69) is 23.2 Å². The van der Waals surface area contributed by atoms with Gasteiger partial charge in [-0.3, -0.25) is 4.79 Å². The minimum absolute atomic E-state index is 0.110. The summed E-state index contributed by atoms with van der Waals surface area (Å²) in [6.45, 7) is 4.39. The molecule has 108 valence electrons. The van der Waals surface area contributed by atoms with E-state index in [0.29, 0.717) is 6.42 Å². The topological polar surface area (TPSA) is 58.4 Å². The third-order valence-corrected chi connectivity index (χ3v) is 4.59. The van der Waals surface area contributed by atoms with Crippen molar-refractivity contribution in [2.75, 3.05) is 29.0 Å². The van der Waals surface area contributed by atoms with Gasteiger partial charge < -0.3 is 16.0 Å². The molecule has 1 aromatic carbocycles. The molecular formula is C16H23N3O. The molecule has 1 aromatic rings. The number of piperidine rings is 1. The summed E-state index contributed by atoms with van der Waals surface area (Å²) in [4.78, 5) is 13.9. The van der Waals surface area contributed by atoms with Gasteiger partial charge in [0.1, 0.15) is 0 Å². The van der Waals surface area contributed by atoms with Gasteiger partial charge in [-0.25, -0.2) is 0 Å². The lowest BCUT2D eigenvalue weighted by Crippen LogP contribution is -2.35. The SMILES string of the molecule is CCC1CCCN(c2cc3c(cc2N)CCC(=O)N3)C1. The molecule has 3 rings (SSSR count). The van der Waals surface area contributed by atoms with Gasteiger partial charge in [-0.1, -0.05) is 13.3 Å². The number of hydrogen-bond acceptors (Lipinski definition) is 3. The summed E-state index contributed by atoms with van der Waals surface area (Å²) in [5.41, 5.74) is 10.3. The number of anilines is 3. The summed E-state index contributed by atoms with van der Waals surface area (Å²) in [6, 6.07) is 4.11. The lowest BCUT2D eigenvalue weighted by atomic mass is 9.94. The highest BCUT2D eigenvalue weighted by molar-refractivity contribution is 5.95. The third-order valence-electron chi connectivity index (χ3n) is 4.59. The maximum absolute atomic E-state index is 11.5. The fourth-order valence-corrected chi connectivity index (χ4v) is 3.33. The van der Waals surface area contributed by atoms with Gasteiger partial charge in [0.2, 0.25) is 5.91 Å². The molecule has 3 N–H and O–H groups in total. The van der Waals surface area contributed by atoms with Crippen LogP contribution in [0.1, 0.15) is 38.2 Å². The van der Waals surface area contributed by atoms with Crippen LogP contribution < -0.4 is 16.0 Å². The molecule has 4 nitrogen and oxygen atoms in total. The highest BCUT2D eigenvalue weighted by atomic mass is 16.1. The highest BCUT2D eigenvalue weighted by Gasteiger charge is 2.23. The fraction of sp³-hybridized carbons (Fsp3) is 0.562. The molecule has 2 heterocycles. The monoisotopic (exact) mass is 273 g/mol. The second kappa shape index (κ2) is 5.35. The number of aryl methyl sites for hydroxylation is 1. The highest BCUT2D eigenvalue weighted by Crippen LogP contribution is 2.35. The normalized spacial score (nSPS) is 22.4. The van der Waals surface area contributed by atoms with Gasteiger partial charge in [0.25, 0.3) is 0 Å². The van der Waals surface area contributed by atoms with Gasteiger partial charge in [-0.05, 0) is 42.9 Å². The molecule has 2 aliphatic heterocycles. The Kier molecular flexibility index (Phi) is 3.55. The molecule has 1 atom stereocenters. The summed E-state index contributed by atoms with van der Waals surface area (Å²) in [6.07, 6.45) is 5.12. The first-order valence-electron chi connectivity index (χ1n) is 7.64. The maximum atomic E-state index is 11.5. The molecule has 0 bridgehead atoms. The van der Waals surface area contributed by atoms with E-state index in [-0.39, 0.29) is 5.91 Å². The van der Waals surface area contributed by atoms with Crippen molar-refractivity contribution in [1.29, 1.82) is 0 Å². The van der Waals surface area contributed by atoms with Crippen molar-refractivity contribution in [2.45, 2.75) is 39.0 Å². The fourth-order valence-electron chi connectivity index (χ4n) is 3.33. The van der Waals surface area contributed by atoms with Crippen LogP contribution >= 0.6 is 0 Å². The first-order chi connectivity index (χ1) is 9.67. The third kappa shape index (κ3) is 2.47. The number of fused-ring (bicyclic) bond motifs is 1. The van der Waals surface area contributed by atoms with Crippen molar-refractivity contribution in [3.63, 3.8) is 0 Å². The number of carbonyl (C=O) groups is 1. The van der Waals surface area contributed by atoms with Gasteiger partial charge in [0, 0.05) is 25.2 Å². The Morgan fingerprint density at radius 2 is 2.25 bits per heavy atom. The first-order valence-corrected chi connectivity index (χ1v) is 7.64. The molecule has 20 heavy (non-hydrogen) atoms. The number of carbonyl (C=O) groups excluding carboxylic acids is 1. The van der Waals surface area contributed by atoms with Gasteiger partial charge >= 0.3 is 0 Å². The number of benzene rings is 1. The van der Waals surface area contributed by atoms with Gasteiger partial charge in [0.15, 0.2) is 0 Å². The molecule has 1 saturated heterocycles. The number of hydrogen-bond donors (Lipinski definition) is 2. The van der Waals surface area contributed by atoms with Crippen LogP contribution in [-0.4, -0.2) is 19.0 Å². The van der Waals surface area contributed by atoms with Crippen LogP contribution in [-0.2, 0) is 11.2 Å². The summed E-state index contributed by atoms with van der Waals surface area (Å²) >= 11 is 0. The van der Waals surface area contributed by atoms with Gasteiger partial charge in [-0.15, -0.1) is 0 Å². The Morgan fingerprint density at radius 1 is 1.40 bits per heavy atom. The van der Waals surface area contributed by atoms with Crippen LogP contribution in [0, 0.1) is 5.92 Å². The van der Waals surface area contributed by atoms with E-state index < -0.39 is 0 Å². The molecule has 0 aromatic heterocycles. The van der Waals surface area contributed by atoms with E-state index in [1.807, 2.05) is 6.07 Å². The Labute approximate surface area is 120 Å². The minimum atomic E-state index is 0.110. The van der Waals surface area contributed by atoms with Gasteiger partial charge in [-0.2, -0.15) is 0 Å². The van der Waals surface area contributed by atoms with Crippen LogP contribution in [0.4, 0.5) is 17.1 Å². The molecule has 0 aliphatic carbocycles. The molecule has 1 amide bonds. The summed E-state index contributed by atoms with van der Waals surface area (Å²) in [5, 5.41) is 2.97. The van der Waals surface area contributed by atoms with Crippen molar-refractivity contribution >= 4 is 23.0 Å². The van der Waals surface area contributed by atoms with Crippen LogP contribution in [0.15, 0.2) is 12.1 Å². The maximum Gasteiger partial charge on any atom is 0.224 e. The summed E-state index contributed by atoms with van der Waals surface area (Å²) in [5.74, 6) is 0.868. The van der Waals surface area contributed by atoms with Crippen molar-refractivity contribution < 1.29 is 4.79 Å². The second-order valence-electron chi connectivity index (χ2n) is 5.98. The Morgan fingerprint density at radius 3 is 3.05 bits per heavy atom. The van der Waals surface area contributed by atoms with Crippen LogP contribution in [0.5, 0.6) is 0 Å². The van der Waals surface area contributed by atoms with E-state index in [4.69, 9.17) is 5.73 Å². The predicted molar refractivity (Wildman–Crippen MR) is 83.0 cm³/mol. The molecule has 4 heteroatoms. The zero-order valence-electron chi connectivity index (χ0n) is 12.1. The Hall–Kier alpha value is -1.71. The molecule has 1 unspecified atom stereocenters. The Bertz CT molecular complexity index is 527. The number of nitrogens with zero attached hydrogens (tertiary/aromatic N) is 1. The number of nitrogens with one attached hydrogen (secondary N) is 1. The molecule has 0 saturated carbocycles. The van der Waals surface area contributed by atoms with Crippen molar-refractivity contribution in [2.24, 2.45) is 5.92 Å². The van der Waals surface area contributed by atoms with Crippen LogP contribution in [0.25, 0.3) is 0 Å². The van der Waals surface area contributed by atoms with E-state index >= 15 is 0 Å². The summed E-state index contributed by atoms with van der Waals surface area (Å²) in [7, 11) is 0. The number of rotatable bonds is 2. The van der Waals surface area contributed by atoms with Crippen LogP contribution in [0.3, 0.4) is 0 Å². The second-order valence-corrected chi connectivity index (χ2v) is 5.98. The quantitative estimate of drug-likeness (QED) is 0.815. The number of nitrogens with two attached hydrogens (primary N) is 1. The predicted octanol–water partition coefficient (Wildman–Crippen LogP) is 2.78. The molecule has 0 spiro atoms. The largest absolute Gasteiger partial charge is 0.397 e. The van der Waals surface area contributed by atoms with Gasteiger partial charge in [0.05, 0.1) is 11.4 Å². The first kappa shape index (κ1) is 13.3. The number of nitrogen functional groups attached to an aromatic ring is 1. The van der Waals surface area contributed by atoms with Crippen LogP contribution in [0.2, 0.25) is 0 Å².